The lowest BCUT2D eigenvalue weighted by Crippen LogP contribution is -2.43. The standard InChI is InChI=1S/C12H4F4N4/c1-19-12(20-2)7-10(15)8(13)6(5(3-17)4-18)9(14)11(7)16/h8-11H. The van der Waals surface area contributed by atoms with Crippen molar-refractivity contribution < 1.29 is 17.6 Å². The van der Waals surface area contributed by atoms with E-state index in [4.69, 9.17) is 23.7 Å². The second-order valence-corrected chi connectivity index (χ2v) is 3.66. The first kappa shape index (κ1) is 15.2. The van der Waals surface area contributed by atoms with Crippen LogP contribution in [0.4, 0.5) is 17.6 Å². The quantitative estimate of drug-likeness (QED) is 0.389. The molecule has 20 heavy (non-hydrogen) atoms. The van der Waals surface area contributed by atoms with Gasteiger partial charge in [0.2, 0.25) is 0 Å². The van der Waals surface area contributed by atoms with Gasteiger partial charge in [-0.25, -0.2) is 17.6 Å². The van der Waals surface area contributed by atoms with Crippen molar-refractivity contribution in [2.45, 2.75) is 24.7 Å². The molecule has 0 spiro atoms. The third-order valence-corrected chi connectivity index (χ3v) is 2.68. The van der Waals surface area contributed by atoms with Gasteiger partial charge in [-0.1, -0.05) is 0 Å². The Labute approximate surface area is 111 Å². The Morgan fingerprint density at radius 1 is 0.850 bits per heavy atom. The van der Waals surface area contributed by atoms with Crippen molar-refractivity contribution in [3.05, 3.63) is 45.4 Å². The average molecular weight is 280 g/mol. The van der Waals surface area contributed by atoms with E-state index in [9.17, 15) is 17.6 Å². The van der Waals surface area contributed by atoms with Crippen LogP contribution in [0.3, 0.4) is 0 Å². The van der Waals surface area contributed by atoms with Crippen molar-refractivity contribution >= 4 is 0 Å². The summed E-state index contributed by atoms with van der Waals surface area (Å²) in [7, 11) is 0. The minimum atomic E-state index is -2.79. The number of nitriles is 2. The van der Waals surface area contributed by atoms with Gasteiger partial charge in [-0.3, -0.25) is 0 Å². The zero-order chi connectivity index (χ0) is 15.4. The molecule has 1 rings (SSSR count). The Bertz CT molecular complexity index is 543. The highest BCUT2D eigenvalue weighted by Crippen LogP contribution is 2.40. The second kappa shape index (κ2) is 5.87. The van der Waals surface area contributed by atoms with Gasteiger partial charge in [-0.15, -0.1) is 0 Å². The molecule has 0 amide bonds. The van der Waals surface area contributed by atoms with Gasteiger partial charge in [0.05, 0.1) is 5.57 Å². The van der Waals surface area contributed by atoms with Crippen LogP contribution in [0.5, 0.6) is 0 Å². The Morgan fingerprint density at radius 3 is 1.50 bits per heavy atom. The molecule has 0 radical (unpaired) electrons. The van der Waals surface area contributed by atoms with Crippen molar-refractivity contribution in [3.63, 3.8) is 0 Å². The van der Waals surface area contributed by atoms with Crippen LogP contribution in [-0.4, -0.2) is 24.7 Å². The Balaban J connectivity index is 3.55. The van der Waals surface area contributed by atoms with E-state index in [1.165, 1.54) is 0 Å². The van der Waals surface area contributed by atoms with Gasteiger partial charge in [-0.05, 0) is 0 Å². The number of nitrogens with zero attached hydrogens (tertiary/aromatic N) is 4. The largest absolute Gasteiger partial charge is 0.524 e. The molecular weight excluding hydrogens is 276 g/mol. The first-order valence-corrected chi connectivity index (χ1v) is 5.04. The third-order valence-electron chi connectivity index (χ3n) is 2.68. The van der Waals surface area contributed by atoms with Crippen molar-refractivity contribution in [3.8, 4) is 12.1 Å². The minimum absolute atomic E-state index is 1.05. The summed E-state index contributed by atoms with van der Waals surface area (Å²) in [5.41, 5.74) is -3.51. The molecule has 0 aromatic carbocycles. The monoisotopic (exact) mass is 280 g/mol. The molecule has 0 aromatic rings. The van der Waals surface area contributed by atoms with Crippen LogP contribution in [0.1, 0.15) is 0 Å². The molecule has 4 unspecified atom stereocenters. The van der Waals surface area contributed by atoms with Crippen LogP contribution in [-0.2, 0) is 0 Å². The average Bonchev–Trinajstić information content (AvgIpc) is 2.46. The summed E-state index contributed by atoms with van der Waals surface area (Å²) in [5, 5.41) is 17.1. The Morgan fingerprint density at radius 2 is 1.20 bits per heavy atom. The molecule has 1 aliphatic rings. The van der Waals surface area contributed by atoms with Gasteiger partial charge < -0.3 is 0 Å². The molecule has 1 saturated carbocycles. The molecule has 0 heterocycles. The number of hydrogen-bond acceptors (Lipinski definition) is 2. The van der Waals surface area contributed by atoms with Gasteiger partial charge in [-0.2, -0.15) is 20.2 Å². The molecule has 0 N–H and O–H groups in total. The lowest BCUT2D eigenvalue weighted by atomic mass is 9.82. The molecule has 100 valence electrons. The van der Waals surface area contributed by atoms with E-state index in [0.29, 0.717) is 0 Å². The molecule has 8 heteroatoms. The first-order chi connectivity index (χ1) is 9.44. The SMILES string of the molecule is [C-]#[N+]C([N+]#[C-])=C1C(F)C(F)C(=C(C#N)C#N)C(F)C1F. The van der Waals surface area contributed by atoms with E-state index in [-0.39, 0.29) is 0 Å². The summed E-state index contributed by atoms with van der Waals surface area (Å²) in [6.07, 6.45) is -11.2. The normalized spacial score (nSPS) is 28.6. The number of halogens is 4. The van der Waals surface area contributed by atoms with Gasteiger partial charge in [0, 0.05) is 5.57 Å². The highest BCUT2D eigenvalue weighted by Gasteiger charge is 2.51. The molecule has 0 aromatic heterocycles. The number of alkyl halides is 4. The van der Waals surface area contributed by atoms with Crippen LogP contribution >= 0.6 is 0 Å². The molecular formula is C12H4F4N4. The van der Waals surface area contributed by atoms with Crippen molar-refractivity contribution in [1.29, 1.82) is 10.5 Å². The topological polar surface area (TPSA) is 56.3 Å². The summed E-state index contributed by atoms with van der Waals surface area (Å²) in [6, 6.07) is 2.33. The maximum atomic E-state index is 13.8. The number of rotatable bonds is 0. The number of allylic oxidation sites excluding steroid dienone is 3. The molecule has 0 saturated heterocycles. The van der Waals surface area contributed by atoms with Crippen LogP contribution in [0, 0.1) is 35.8 Å². The van der Waals surface area contributed by atoms with Crippen LogP contribution in [0.25, 0.3) is 9.69 Å². The fourth-order valence-electron chi connectivity index (χ4n) is 1.77. The maximum Gasteiger partial charge on any atom is 0.524 e. The highest BCUT2D eigenvalue weighted by molar-refractivity contribution is 5.50. The molecule has 0 bridgehead atoms. The van der Waals surface area contributed by atoms with E-state index < -0.39 is 47.2 Å². The number of hydrogen-bond donors (Lipinski definition) is 0. The predicted molar refractivity (Wildman–Crippen MR) is 58.1 cm³/mol. The van der Waals surface area contributed by atoms with Crippen molar-refractivity contribution in [2.24, 2.45) is 0 Å². The van der Waals surface area contributed by atoms with Crippen molar-refractivity contribution in [1.82, 2.24) is 0 Å². The maximum absolute atomic E-state index is 13.8. The zero-order valence-electron chi connectivity index (χ0n) is 9.61. The smallest absolute Gasteiger partial charge is 0.240 e. The van der Waals surface area contributed by atoms with Gasteiger partial charge in [0.15, 0.2) is 24.7 Å². The highest BCUT2D eigenvalue weighted by atomic mass is 19.2. The summed E-state index contributed by atoms with van der Waals surface area (Å²) >= 11 is 0. The van der Waals surface area contributed by atoms with Gasteiger partial charge in [0.1, 0.15) is 30.9 Å². The van der Waals surface area contributed by atoms with E-state index in [1.54, 1.807) is 0 Å². The van der Waals surface area contributed by atoms with E-state index >= 15 is 0 Å². The molecule has 4 nitrogen and oxygen atoms in total. The van der Waals surface area contributed by atoms with Gasteiger partial charge in [0.25, 0.3) is 0 Å². The molecule has 0 aliphatic heterocycles. The molecule has 4 atom stereocenters. The predicted octanol–water partition coefficient (Wildman–Crippen LogP) is 2.75. The summed E-state index contributed by atoms with van der Waals surface area (Å²) in [6.45, 7) is 13.1. The van der Waals surface area contributed by atoms with Crippen LogP contribution in [0.15, 0.2) is 22.5 Å². The van der Waals surface area contributed by atoms with E-state index in [2.05, 4.69) is 9.69 Å². The fraction of sp³-hybridized carbons (Fsp3) is 0.333. The Hall–Kier alpha value is -2.84. The van der Waals surface area contributed by atoms with Crippen molar-refractivity contribution in [2.75, 3.05) is 0 Å². The summed E-state index contributed by atoms with van der Waals surface area (Å²) in [5.74, 6) is -1.09. The lowest BCUT2D eigenvalue weighted by molar-refractivity contribution is 0.110. The third kappa shape index (κ3) is 2.20. The van der Waals surface area contributed by atoms with Crippen LogP contribution < -0.4 is 0 Å². The fourth-order valence-corrected chi connectivity index (χ4v) is 1.77. The molecule has 1 aliphatic carbocycles. The van der Waals surface area contributed by atoms with Crippen LogP contribution in [0.2, 0.25) is 0 Å². The van der Waals surface area contributed by atoms with E-state index in [0.717, 1.165) is 12.1 Å². The Kier molecular flexibility index (Phi) is 4.46. The molecule has 1 fully saturated rings. The summed E-state index contributed by atoms with van der Waals surface area (Å²) < 4.78 is 55.2. The second-order valence-electron chi connectivity index (χ2n) is 3.66. The lowest BCUT2D eigenvalue weighted by Gasteiger charge is -2.30. The first-order valence-electron chi connectivity index (χ1n) is 5.04. The minimum Gasteiger partial charge on any atom is -0.240 e. The van der Waals surface area contributed by atoms with E-state index in [1.807, 2.05) is 0 Å². The summed E-state index contributed by atoms with van der Waals surface area (Å²) in [4.78, 5) is 5.05. The van der Waals surface area contributed by atoms with Gasteiger partial charge >= 0.3 is 5.82 Å². The zero-order valence-corrected chi connectivity index (χ0v) is 9.61.